The predicted octanol–water partition coefficient (Wildman–Crippen LogP) is 3.43. The Balaban J connectivity index is 1.62. The molecule has 0 radical (unpaired) electrons. The number of fused-ring (bicyclic) bond motifs is 1. The first-order chi connectivity index (χ1) is 13.0. The van der Waals surface area contributed by atoms with E-state index in [0.29, 0.717) is 17.4 Å². The normalized spacial score (nSPS) is 20.9. The first-order valence-corrected chi connectivity index (χ1v) is 9.40. The molecule has 2 atom stereocenters. The van der Waals surface area contributed by atoms with Crippen LogP contribution in [0.1, 0.15) is 18.9 Å². The molecule has 0 spiro atoms. The summed E-state index contributed by atoms with van der Waals surface area (Å²) in [6.07, 6.45) is 4.42. The Morgan fingerprint density at radius 1 is 1.37 bits per heavy atom. The van der Waals surface area contributed by atoms with Gasteiger partial charge in [0.1, 0.15) is 17.7 Å². The monoisotopic (exact) mass is 388 g/mol. The van der Waals surface area contributed by atoms with Gasteiger partial charge in [0.25, 0.3) is 0 Å². The van der Waals surface area contributed by atoms with E-state index in [-0.39, 0.29) is 11.1 Å². The zero-order valence-corrected chi connectivity index (χ0v) is 15.8. The minimum absolute atomic E-state index is 0.0688. The van der Waals surface area contributed by atoms with E-state index in [2.05, 4.69) is 33.3 Å². The van der Waals surface area contributed by atoms with Crippen molar-refractivity contribution < 1.29 is 4.39 Å². The highest BCUT2D eigenvalue weighted by atomic mass is 35.5. The second kappa shape index (κ2) is 7.42. The summed E-state index contributed by atoms with van der Waals surface area (Å²) in [4.78, 5) is 6.80. The summed E-state index contributed by atoms with van der Waals surface area (Å²) in [6.45, 7) is 4.96. The van der Waals surface area contributed by atoms with Crippen LogP contribution in [0.5, 0.6) is 0 Å². The summed E-state index contributed by atoms with van der Waals surface area (Å²) in [7, 11) is 0. The smallest absolute Gasteiger partial charge is 0.158 e. The molecule has 1 saturated heterocycles. The molecule has 27 heavy (non-hydrogen) atoms. The Kier molecular flexibility index (Phi) is 4.99. The lowest BCUT2D eigenvalue weighted by Crippen LogP contribution is -2.45. The van der Waals surface area contributed by atoms with Crippen molar-refractivity contribution in [2.75, 3.05) is 18.4 Å². The molecule has 142 valence electrons. The lowest BCUT2D eigenvalue weighted by atomic mass is 9.94. The van der Waals surface area contributed by atoms with E-state index in [1.54, 1.807) is 16.6 Å². The van der Waals surface area contributed by atoms with E-state index in [9.17, 15) is 4.39 Å². The van der Waals surface area contributed by atoms with Crippen molar-refractivity contribution in [3.8, 4) is 0 Å². The third-order valence-corrected chi connectivity index (χ3v) is 5.46. The standard InChI is InChI=1S/C19H22ClFN6/c1-12-9-26(6-5-17(12)22)10-13-4-7-27-18(13)19(23-11-24-27)25-14-2-3-16(21)15(20)8-14/h2-4,7-8,11-12,17H,5-6,9-10,22H2,1H3,(H,23,24,25)/t12-,17+/m0/s1. The largest absolute Gasteiger partial charge is 0.338 e. The molecule has 3 N–H and O–H groups in total. The van der Waals surface area contributed by atoms with Gasteiger partial charge in [-0.1, -0.05) is 18.5 Å². The van der Waals surface area contributed by atoms with Crippen molar-refractivity contribution in [1.29, 1.82) is 0 Å². The van der Waals surface area contributed by atoms with Crippen molar-refractivity contribution in [2.45, 2.75) is 25.9 Å². The summed E-state index contributed by atoms with van der Waals surface area (Å²) >= 11 is 5.89. The fourth-order valence-electron chi connectivity index (χ4n) is 3.58. The number of nitrogens with zero attached hydrogens (tertiary/aromatic N) is 4. The lowest BCUT2D eigenvalue weighted by Gasteiger charge is -2.35. The van der Waals surface area contributed by atoms with Crippen LogP contribution in [-0.4, -0.2) is 38.6 Å². The van der Waals surface area contributed by atoms with Crippen molar-refractivity contribution in [2.24, 2.45) is 11.7 Å². The van der Waals surface area contributed by atoms with Crippen LogP contribution in [-0.2, 0) is 6.54 Å². The van der Waals surface area contributed by atoms with E-state index < -0.39 is 5.82 Å². The van der Waals surface area contributed by atoms with E-state index in [1.165, 1.54) is 12.4 Å². The predicted molar refractivity (Wildman–Crippen MR) is 105 cm³/mol. The Morgan fingerprint density at radius 2 is 2.22 bits per heavy atom. The van der Waals surface area contributed by atoms with Crippen molar-refractivity contribution >= 4 is 28.6 Å². The lowest BCUT2D eigenvalue weighted by molar-refractivity contribution is 0.158. The Hall–Kier alpha value is -2.22. The average molecular weight is 389 g/mol. The molecule has 0 unspecified atom stereocenters. The molecule has 8 heteroatoms. The van der Waals surface area contributed by atoms with E-state index >= 15 is 0 Å². The molecule has 2 aromatic heterocycles. The third kappa shape index (κ3) is 3.76. The second-order valence-electron chi connectivity index (χ2n) is 7.16. The molecule has 0 bridgehead atoms. The Labute approximate surface area is 162 Å². The number of rotatable bonds is 4. The van der Waals surface area contributed by atoms with Gasteiger partial charge >= 0.3 is 0 Å². The molecular weight excluding hydrogens is 367 g/mol. The maximum Gasteiger partial charge on any atom is 0.158 e. The number of likely N-dealkylation sites (tertiary alicyclic amines) is 1. The number of halogens is 2. The van der Waals surface area contributed by atoms with E-state index in [0.717, 1.165) is 37.1 Å². The first-order valence-electron chi connectivity index (χ1n) is 9.02. The average Bonchev–Trinajstić information content (AvgIpc) is 3.05. The maximum absolute atomic E-state index is 13.4. The molecule has 1 aliphatic rings. The number of hydrogen-bond acceptors (Lipinski definition) is 5. The van der Waals surface area contributed by atoms with Crippen LogP contribution in [0.3, 0.4) is 0 Å². The van der Waals surface area contributed by atoms with Gasteiger partial charge in [-0.2, -0.15) is 5.10 Å². The van der Waals surface area contributed by atoms with Gasteiger partial charge in [-0.3, -0.25) is 4.90 Å². The molecule has 1 fully saturated rings. The maximum atomic E-state index is 13.4. The summed E-state index contributed by atoms with van der Waals surface area (Å²) in [5.41, 5.74) is 8.85. The van der Waals surface area contributed by atoms with Crippen molar-refractivity contribution in [3.63, 3.8) is 0 Å². The highest BCUT2D eigenvalue weighted by Gasteiger charge is 2.24. The molecule has 0 amide bonds. The highest BCUT2D eigenvalue weighted by Crippen LogP contribution is 2.27. The van der Waals surface area contributed by atoms with Crippen LogP contribution in [0.15, 0.2) is 36.8 Å². The van der Waals surface area contributed by atoms with Gasteiger partial charge in [0.05, 0.1) is 5.02 Å². The van der Waals surface area contributed by atoms with Gasteiger partial charge < -0.3 is 11.1 Å². The van der Waals surface area contributed by atoms with E-state index in [1.807, 2.05) is 6.20 Å². The molecule has 6 nitrogen and oxygen atoms in total. The van der Waals surface area contributed by atoms with Gasteiger partial charge in [-0.05, 0) is 48.7 Å². The zero-order chi connectivity index (χ0) is 19.0. The minimum atomic E-state index is -0.448. The van der Waals surface area contributed by atoms with Crippen LogP contribution < -0.4 is 11.1 Å². The molecule has 3 aromatic rings. The second-order valence-corrected chi connectivity index (χ2v) is 7.57. The fraction of sp³-hybridized carbons (Fsp3) is 0.368. The van der Waals surface area contributed by atoms with Crippen LogP contribution in [0, 0.1) is 11.7 Å². The summed E-state index contributed by atoms with van der Waals surface area (Å²) in [5.74, 6) is 0.688. The van der Waals surface area contributed by atoms with Crippen molar-refractivity contribution in [1.82, 2.24) is 19.5 Å². The molecule has 1 aliphatic heterocycles. The number of piperidine rings is 1. The van der Waals surface area contributed by atoms with Crippen LogP contribution >= 0.6 is 11.6 Å². The molecule has 0 aliphatic carbocycles. The number of aromatic nitrogens is 3. The van der Waals surface area contributed by atoms with Gasteiger partial charge in [-0.15, -0.1) is 0 Å². The Morgan fingerprint density at radius 3 is 3.00 bits per heavy atom. The van der Waals surface area contributed by atoms with Crippen LogP contribution in [0.4, 0.5) is 15.9 Å². The number of anilines is 2. The van der Waals surface area contributed by atoms with Gasteiger partial charge in [-0.25, -0.2) is 13.9 Å². The fourth-order valence-corrected chi connectivity index (χ4v) is 3.76. The van der Waals surface area contributed by atoms with Gasteiger partial charge in [0.2, 0.25) is 0 Å². The van der Waals surface area contributed by atoms with Crippen molar-refractivity contribution in [3.05, 3.63) is 53.2 Å². The highest BCUT2D eigenvalue weighted by molar-refractivity contribution is 6.31. The van der Waals surface area contributed by atoms with E-state index in [4.69, 9.17) is 17.3 Å². The number of benzene rings is 1. The third-order valence-electron chi connectivity index (χ3n) is 5.17. The summed E-state index contributed by atoms with van der Waals surface area (Å²) in [6, 6.07) is 6.85. The summed E-state index contributed by atoms with van der Waals surface area (Å²) in [5, 5.41) is 7.60. The number of hydrogen-bond donors (Lipinski definition) is 2. The Bertz CT molecular complexity index is 959. The molecule has 3 heterocycles. The molecule has 0 saturated carbocycles. The summed E-state index contributed by atoms with van der Waals surface area (Å²) < 4.78 is 15.2. The number of nitrogens with two attached hydrogens (primary N) is 1. The molecular formula is C19H22ClFN6. The van der Waals surface area contributed by atoms with Crippen LogP contribution in [0.2, 0.25) is 5.02 Å². The number of nitrogens with one attached hydrogen (secondary N) is 1. The minimum Gasteiger partial charge on any atom is -0.338 e. The quantitative estimate of drug-likeness (QED) is 0.716. The topological polar surface area (TPSA) is 71.5 Å². The first kappa shape index (κ1) is 18.2. The van der Waals surface area contributed by atoms with Crippen LogP contribution in [0.25, 0.3) is 5.52 Å². The molecule has 4 rings (SSSR count). The molecule has 1 aromatic carbocycles. The van der Waals surface area contributed by atoms with Gasteiger partial charge in [0, 0.05) is 31.0 Å². The van der Waals surface area contributed by atoms with Gasteiger partial charge in [0.15, 0.2) is 5.82 Å². The zero-order valence-electron chi connectivity index (χ0n) is 15.1. The SMILES string of the molecule is C[C@H]1CN(Cc2ccn3ncnc(Nc4ccc(F)c(Cl)c4)c23)CC[C@H]1N.